The van der Waals surface area contributed by atoms with Gasteiger partial charge in [0, 0.05) is 11.3 Å². The molecule has 2 aromatic heterocycles. The molecule has 146 valence electrons. The molecule has 2 heterocycles. The average Bonchev–Trinajstić information content (AvgIpc) is 3.16. The first-order chi connectivity index (χ1) is 14.2. The third-order valence-electron chi connectivity index (χ3n) is 4.38. The number of ether oxygens (including phenoxy) is 2. The van der Waals surface area contributed by atoms with Crippen molar-refractivity contribution < 1.29 is 14.3 Å². The average molecular weight is 388 g/mol. The molecule has 0 fully saturated rings. The Morgan fingerprint density at radius 1 is 1.07 bits per heavy atom. The van der Waals surface area contributed by atoms with E-state index in [4.69, 9.17) is 9.47 Å². The Hall–Kier alpha value is -3.87. The lowest BCUT2D eigenvalue weighted by Gasteiger charge is -2.06. The van der Waals surface area contributed by atoms with E-state index in [0.717, 1.165) is 17.0 Å². The quantitative estimate of drug-likeness (QED) is 0.496. The van der Waals surface area contributed by atoms with Crippen molar-refractivity contribution in [3.63, 3.8) is 0 Å². The lowest BCUT2D eigenvalue weighted by molar-refractivity contribution is 0.0526. The van der Waals surface area contributed by atoms with Gasteiger partial charge in [-0.2, -0.15) is 4.98 Å². The molecule has 0 atom stereocenters. The molecule has 0 saturated heterocycles. The number of hydrogen-bond donors (Lipinski definition) is 1. The van der Waals surface area contributed by atoms with Gasteiger partial charge in [0.05, 0.1) is 25.0 Å². The van der Waals surface area contributed by atoms with E-state index in [0.29, 0.717) is 29.5 Å². The summed E-state index contributed by atoms with van der Waals surface area (Å²) in [6.45, 7) is 2.11. The second-order valence-electron chi connectivity index (χ2n) is 6.27. The predicted molar refractivity (Wildman–Crippen MR) is 111 cm³/mol. The first-order valence-electron chi connectivity index (χ1n) is 9.22. The Morgan fingerprint density at radius 3 is 2.62 bits per heavy atom. The minimum absolute atomic E-state index is 0.332. The molecule has 0 aliphatic heterocycles. The number of rotatable bonds is 6. The van der Waals surface area contributed by atoms with Gasteiger partial charge in [0.25, 0.3) is 0 Å². The highest BCUT2D eigenvalue weighted by atomic mass is 16.5. The number of hydrogen-bond acceptors (Lipinski definition) is 6. The zero-order chi connectivity index (χ0) is 20.2. The van der Waals surface area contributed by atoms with Gasteiger partial charge in [0.2, 0.25) is 5.95 Å². The standard InChI is InChI=1S/C22H20N4O3/c1-3-29-21(27)16-6-4-7-17(14-16)23-22-24-20-9-5-8-19(26(20)25-22)15-10-12-18(28-2)13-11-15/h4-14H,3H2,1-2H3,(H,23,25). The molecule has 0 bridgehead atoms. The van der Waals surface area contributed by atoms with Crippen molar-refractivity contribution in [2.45, 2.75) is 6.92 Å². The van der Waals surface area contributed by atoms with Gasteiger partial charge in [-0.15, -0.1) is 5.10 Å². The van der Waals surface area contributed by atoms with Crippen LogP contribution in [0.1, 0.15) is 17.3 Å². The molecule has 2 aromatic carbocycles. The van der Waals surface area contributed by atoms with Crippen molar-refractivity contribution in [3.8, 4) is 17.0 Å². The van der Waals surface area contributed by atoms with E-state index in [-0.39, 0.29) is 5.97 Å². The molecule has 0 radical (unpaired) electrons. The molecular formula is C22H20N4O3. The van der Waals surface area contributed by atoms with E-state index in [1.165, 1.54) is 0 Å². The second-order valence-corrected chi connectivity index (χ2v) is 6.27. The summed E-state index contributed by atoms with van der Waals surface area (Å²) < 4.78 is 12.1. The van der Waals surface area contributed by atoms with Crippen molar-refractivity contribution in [3.05, 3.63) is 72.3 Å². The minimum atomic E-state index is -0.360. The molecule has 0 aliphatic rings. The number of anilines is 2. The van der Waals surface area contributed by atoms with Crippen LogP contribution in [0.25, 0.3) is 16.9 Å². The molecule has 0 amide bonds. The van der Waals surface area contributed by atoms with Crippen LogP contribution in [-0.4, -0.2) is 34.3 Å². The lowest BCUT2D eigenvalue weighted by Crippen LogP contribution is -2.05. The molecule has 4 aromatic rings. The fourth-order valence-electron chi connectivity index (χ4n) is 3.01. The summed E-state index contributed by atoms with van der Waals surface area (Å²) in [5.74, 6) is 0.872. The van der Waals surface area contributed by atoms with Crippen LogP contribution in [-0.2, 0) is 4.74 Å². The second kappa shape index (κ2) is 8.02. The number of carbonyl (C=O) groups is 1. The molecule has 4 rings (SSSR count). The SMILES string of the molecule is CCOC(=O)c1cccc(Nc2nc3cccc(-c4ccc(OC)cc4)n3n2)c1. The lowest BCUT2D eigenvalue weighted by atomic mass is 10.1. The van der Waals surface area contributed by atoms with Crippen LogP contribution >= 0.6 is 0 Å². The monoisotopic (exact) mass is 388 g/mol. The zero-order valence-electron chi connectivity index (χ0n) is 16.1. The highest BCUT2D eigenvalue weighted by Crippen LogP contribution is 2.24. The number of pyridine rings is 1. The normalized spacial score (nSPS) is 10.7. The topological polar surface area (TPSA) is 77.8 Å². The maximum Gasteiger partial charge on any atom is 0.338 e. The number of nitrogens with zero attached hydrogens (tertiary/aromatic N) is 3. The predicted octanol–water partition coefficient (Wildman–Crippen LogP) is 4.33. The van der Waals surface area contributed by atoms with E-state index >= 15 is 0 Å². The molecule has 7 nitrogen and oxygen atoms in total. The smallest absolute Gasteiger partial charge is 0.338 e. The van der Waals surface area contributed by atoms with E-state index < -0.39 is 0 Å². The number of benzene rings is 2. The largest absolute Gasteiger partial charge is 0.497 e. The first kappa shape index (κ1) is 18.5. The van der Waals surface area contributed by atoms with Crippen molar-refractivity contribution in [2.24, 2.45) is 0 Å². The Morgan fingerprint density at radius 2 is 1.86 bits per heavy atom. The van der Waals surface area contributed by atoms with Crippen molar-refractivity contribution in [2.75, 3.05) is 19.0 Å². The zero-order valence-corrected chi connectivity index (χ0v) is 16.1. The van der Waals surface area contributed by atoms with Crippen LogP contribution in [0.4, 0.5) is 11.6 Å². The molecule has 0 aliphatic carbocycles. The molecule has 0 saturated carbocycles. The number of nitrogens with one attached hydrogen (secondary N) is 1. The third-order valence-corrected chi connectivity index (χ3v) is 4.38. The van der Waals surface area contributed by atoms with Crippen LogP contribution in [0.2, 0.25) is 0 Å². The fraction of sp³-hybridized carbons (Fsp3) is 0.136. The van der Waals surface area contributed by atoms with Crippen LogP contribution in [0.15, 0.2) is 66.7 Å². The van der Waals surface area contributed by atoms with E-state index in [9.17, 15) is 4.79 Å². The summed E-state index contributed by atoms with van der Waals surface area (Å²) in [7, 11) is 1.64. The van der Waals surface area contributed by atoms with Gasteiger partial charge in [-0.25, -0.2) is 9.31 Å². The summed E-state index contributed by atoms with van der Waals surface area (Å²) in [5, 5.41) is 7.74. The van der Waals surface area contributed by atoms with Gasteiger partial charge in [-0.05, 0) is 61.5 Å². The van der Waals surface area contributed by atoms with Crippen LogP contribution in [0.5, 0.6) is 5.75 Å². The van der Waals surface area contributed by atoms with Crippen molar-refractivity contribution in [1.29, 1.82) is 0 Å². The Bertz CT molecular complexity index is 1150. The summed E-state index contributed by atoms with van der Waals surface area (Å²) in [6, 6.07) is 20.6. The Labute approximate surface area is 167 Å². The molecule has 29 heavy (non-hydrogen) atoms. The fourth-order valence-corrected chi connectivity index (χ4v) is 3.01. The molecule has 7 heteroatoms. The van der Waals surface area contributed by atoms with Crippen LogP contribution in [0.3, 0.4) is 0 Å². The minimum Gasteiger partial charge on any atom is -0.497 e. The number of aromatic nitrogens is 3. The Balaban J connectivity index is 1.64. The molecular weight excluding hydrogens is 368 g/mol. The number of fused-ring (bicyclic) bond motifs is 1. The van der Waals surface area contributed by atoms with Crippen molar-refractivity contribution >= 4 is 23.3 Å². The van der Waals surface area contributed by atoms with Gasteiger partial charge in [0.15, 0.2) is 5.65 Å². The summed E-state index contributed by atoms with van der Waals surface area (Å²) >= 11 is 0. The summed E-state index contributed by atoms with van der Waals surface area (Å²) in [6.07, 6.45) is 0. The van der Waals surface area contributed by atoms with Crippen molar-refractivity contribution in [1.82, 2.24) is 14.6 Å². The maximum atomic E-state index is 11.9. The van der Waals surface area contributed by atoms with Gasteiger partial charge >= 0.3 is 5.97 Å². The third kappa shape index (κ3) is 3.89. The highest BCUT2D eigenvalue weighted by molar-refractivity contribution is 5.90. The summed E-state index contributed by atoms with van der Waals surface area (Å²) in [5.41, 5.74) is 3.79. The summed E-state index contributed by atoms with van der Waals surface area (Å²) in [4.78, 5) is 16.5. The number of carbonyl (C=O) groups excluding carboxylic acids is 1. The number of esters is 1. The van der Waals surface area contributed by atoms with Gasteiger partial charge < -0.3 is 14.8 Å². The van der Waals surface area contributed by atoms with E-state index in [1.54, 1.807) is 36.7 Å². The number of methoxy groups -OCH3 is 1. The molecule has 0 unspecified atom stereocenters. The van der Waals surface area contributed by atoms with Gasteiger partial charge in [0.1, 0.15) is 5.75 Å². The maximum absolute atomic E-state index is 11.9. The van der Waals surface area contributed by atoms with Gasteiger partial charge in [-0.3, -0.25) is 0 Å². The van der Waals surface area contributed by atoms with Gasteiger partial charge in [-0.1, -0.05) is 12.1 Å². The van der Waals surface area contributed by atoms with Crippen LogP contribution < -0.4 is 10.1 Å². The highest BCUT2D eigenvalue weighted by Gasteiger charge is 2.11. The molecule has 0 spiro atoms. The van der Waals surface area contributed by atoms with Crippen LogP contribution in [0, 0.1) is 0 Å². The first-order valence-corrected chi connectivity index (χ1v) is 9.22. The Kier molecular flexibility index (Phi) is 5.11. The molecule has 1 N–H and O–H groups in total. The van der Waals surface area contributed by atoms with E-state index in [2.05, 4.69) is 15.4 Å². The van der Waals surface area contributed by atoms with E-state index in [1.807, 2.05) is 48.5 Å².